The van der Waals surface area contributed by atoms with E-state index in [0.717, 1.165) is 22.3 Å². The fourth-order valence-electron chi connectivity index (χ4n) is 3.01. The topological polar surface area (TPSA) is 88.2 Å². The first-order valence-electron chi connectivity index (χ1n) is 8.92. The zero-order chi connectivity index (χ0) is 19.1. The van der Waals surface area contributed by atoms with Crippen LogP contribution in [0, 0.1) is 0 Å². The predicted molar refractivity (Wildman–Crippen MR) is 106 cm³/mol. The van der Waals surface area contributed by atoms with Crippen LogP contribution in [0.3, 0.4) is 0 Å². The Balaban J connectivity index is 1.68. The van der Waals surface area contributed by atoms with E-state index in [1.165, 1.54) is 0 Å². The number of carbonyl (C=O) groups is 1. The summed E-state index contributed by atoms with van der Waals surface area (Å²) >= 11 is 0. The van der Waals surface area contributed by atoms with E-state index in [1.807, 2.05) is 48.5 Å². The number of rotatable bonds is 8. The first-order chi connectivity index (χ1) is 13.1. The number of aliphatic hydroxyl groups excluding tert-OH is 1. The maximum absolute atomic E-state index is 11.5. The van der Waals surface area contributed by atoms with Gasteiger partial charge in [0.15, 0.2) is 0 Å². The molecule has 5 heteroatoms. The first-order valence-corrected chi connectivity index (χ1v) is 8.92. The Morgan fingerprint density at radius 1 is 1.11 bits per heavy atom. The number of aliphatic hydroxyl groups is 1. The number of nitrogens with two attached hydrogens (primary N) is 1. The molecule has 1 atom stereocenters. The van der Waals surface area contributed by atoms with Crippen molar-refractivity contribution in [2.45, 2.75) is 12.5 Å². The van der Waals surface area contributed by atoms with Gasteiger partial charge in [-0.3, -0.25) is 9.78 Å². The van der Waals surface area contributed by atoms with Crippen LogP contribution in [0.25, 0.3) is 11.1 Å². The lowest BCUT2D eigenvalue weighted by molar-refractivity contribution is 0.1000. The molecule has 138 valence electrons. The molecule has 1 aromatic heterocycles. The molecule has 0 spiro atoms. The van der Waals surface area contributed by atoms with Crippen LogP contribution in [-0.2, 0) is 6.42 Å². The maximum Gasteiger partial charge on any atom is 0.248 e. The van der Waals surface area contributed by atoms with Crippen LogP contribution in [0.15, 0.2) is 73.1 Å². The quantitative estimate of drug-likeness (QED) is 0.538. The fourth-order valence-corrected chi connectivity index (χ4v) is 3.01. The Bertz CT molecular complexity index is 883. The van der Waals surface area contributed by atoms with Crippen molar-refractivity contribution in [3.8, 4) is 11.1 Å². The summed E-state index contributed by atoms with van der Waals surface area (Å²) in [6.07, 6.45) is 3.45. The maximum atomic E-state index is 11.5. The summed E-state index contributed by atoms with van der Waals surface area (Å²) in [6.45, 7) is 1.10. The fraction of sp³-hybridized carbons (Fsp3) is 0.182. The molecule has 0 radical (unpaired) electrons. The SMILES string of the molecule is NC(=O)c1ccc(-c2ccccc2)c(CCNC[C@H](O)c2cccnc2)c1. The number of pyridine rings is 1. The number of hydrogen-bond acceptors (Lipinski definition) is 4. The number of nitrogens with one attached hydrogen (secondary N) is 1. The largest absolute Gasteiger partial charge is 0.387 e. The second kappa shape index (κ2) is 9.07. The van der Waals surface area contributed by atoms with Crippen molar-refractivity contribution < 1.29 is 9.90 Å². The Morgan fingerprint density at radius 2 is 1.93 bits per heavy atom. The van der Waals surface area contributed by atoms with E-state index in [4.69, 9.17) is 5.73 Å². The molecule has 3 rings (SSSR count). The second-order valence-electron chi connectivity index (χ2n) is 6.36. The first kappa shape index (κ1) is 18.8. The van der Waals surface area contributed by atoms with Gasteiger partial charge in [0.1, 0.15) is 0 Å². The molecule has 0 saturated carbocycles. The standard InChI is InChI=1S/C22H23N3O2/c23-22(27)18-8-9-20(16-5-2-1-3-6-16)17(13-18)10-12-25-15-21(26)19-7-4-11-24-14-19/h1-9,11,13-14,21,25-26H,10,12,15H2,(H2,23,27)/t21-/m0/s1. The van der Waals surface area contributed by atoms with Crippen molar-refractivity contribution in [2.75, 3.05) is 13.1 Å². The summed E-state index contributed by atoms with van der Waals surface area (Å²) in [5, 5.41) is 13.5. The summed E-state index contributed by atoms with van der Waals surface area (Å²) in [5.74, 6) is -0.434. The highest BCUT2D eigenvalue weighted by atomic mass is 16.3. The Morgan fingerprint density at radius 3 is 2.63 bits per heavy atom. The molecule has 5 nitrogen and oxygen atoms in total. The molecule has 0 aliphatic carbocycles. The van der Waals surface area contributed by atoms with Gasteiger partial charge in [-0.2, -0.15) is 0 Å². The summed E-state index contributed by atoms with van der Waals surface area (Å²) in [5.41, 5.74) is 9.94. The summed E-state index contributed by atoms with van der Waals surface area (Å²) < 4.78 is 0. The average molecular weight is 361 g/mol. The molecule has 2 aromatic carbocycles. The highest BCUT2D eigenvalue weighted by molar-refractivity contribution is 5.93. The normalized spacial score (nSPS) is 11.9. The molecule has 3 aromatic rings. The second-order valence-corrected chi connectivity index (χ2v) is 6.36. The molecule has 0 aliphatic heterocycles. The van der Waals surface area contributed by atoms with Gasteiger partial charge < -0.3 is 16.2 Å². The van der Waals surface area contributed by atoms with Crippen LogP contribution >= 0.6 is 0 Å². The van der Waals surface area contributed by atoms with Crippen molar-refractivity contribution in [3.05, 3.63) is 89.7 Å². The van der Waals surface area contributed by atoms with E-state index in [9.17, 15) is 9.90 Å². The van der Waals surface area contributed by atoms with Crippen LogP contribution in [-0.4, -0.2) is 29.1 Å². The lowest BCUT2D eigenvalue weighted by Crippen LogP contribution is -2.24. The van der Waals surface area contributed by atoms with Gasteiger partial charge in [-0.05, 0) is 47.9 Å². The number of benzene rings is 2. The molecule has 27 heavy (non-hydrogen) atoms. The van der Waals surface area contributed by atoms with Gasteiger partial charge in [0.25, 0.3) is 0 Å². The summed E-state index contributed by atoms with van der Waals surface area (Å²) in [7, 11) is 0. The lowest BCUT2D eigenvalue weighted by atomic mass is 9.95. The minimum Gasteiger partial charge on any atom is -0.387 e. The number of amides is 1. The molecular formula is C22H23N3O2. The van der Waals surface area contributed by atoms with Crippen molar-refractivity contribution in [1.82, 2.24) is 10.3 Å². The van der Waals surface area contributed by atoms with E-state index in [-0.39, 0.29) is 0 Å². The van der Waals surface area contributed by atoms with E-state index in [1.54, 1.807) is 24.5 Å². The third kappa shape index (κ3) is 5.00. The molecule has 1 heterocycles. The number of aromatic nitrogens is 1. The predicted octanol–water partition coefficient (Wildman–Crippen LogP) is 2.71. The number of carbonyl (C=O) groups excluding carboxylic acids is 1. The highest BCUT2D eigenvalue weighted by Crippen LogP contribution is 2.25. The smallest absolute Gasteiger partial charge is 0.248 e. The van der Waals surface area contributed by atoms with Crippen molar-refractivity contribution in [2.24, 2.45) is 5.73 Å². The molecule has 0 bridgehead atoms. The van der Waals surface area contributed by atoms with Gasteiger partial charge in [-0.25, -0.2) is 0 Å². The minimum atomic E-state index is -0.607. The van der Waals surface area contributed by atoms with Gasteiger partial charge in [-0.1, -0.05) is 42.5 Å². The molecular weight excluding hydrogens is 338 g/mol. The monoisotopic (exact) mass is 361 g/mol. The van der Waals surface area contributed by atoms with Crippen LogP contribution in [0.4, 0.5) is 0 Å². The Kier molecular flexibility index (Phi) is 6.30. The Labute approximate surface area is 158 Å². The third-order valence-corrected chi connectivity index (χ3v) is 4.45. The average Bonchev–Trinajstić information content (AvgIpc) is 2.72. The van der Waals surface area contributed by atoms with Gasteiger partial charge in [0, 0.05) is 30.1 Å². The van der Waals surface area contributed by atoms with Crippen molar-refractivity contribution >= 4 is 5.91 Å². The third-order valence-electron chi connectivity index (χ3n) is 4.45. The van der Waals surface area contributed by atoms with Crippen LogP contribution < -0.4 is 11.1 Å². The number of nitrogens with zero attached hydrogens (tertiary/aromatic N) is 1. The summed E-state index contributed by atoms with van der Waals surface area (Å²) in [4.78, 5) is 15.6. The number of hydrogen-bond donors (Lipinski definition) is 3. The number of primary amides is 1. The van der Waals surface area contributed by atoms with Crippen molar-refractivity contribution in [3.63, 3.8) is 0 Å². The zero-order valence-corrected chi connectivity index (χ0v) is 15.0. The lowest BCUT2D eigenvalue weighted by Gasteiger charge is -2.14. The minimum absolute atomic E-state index is 0.432. The van der Waals surface area contributed by atoms with Gasteiger partial charge in [0.05, 0.1) is 6.10 Å². The van der Waals surface area contributed by atoms with E-state index < -0.39 is 12.0 Å². The summed E-state index contributed by atoms with van der Waals surface area (Å²) in [6, 6.07) is 19.2. The Hall–Kier alpha value is -3.02. The molecule has 0 aliphatic rings. The van der Waals surface area contributed by atoms with Gasteiger partial charge >= 0.3 is 0 Å². The highest BCUT2D eigenvalue weighted by Gasteiger charge is 2.10. The van der Waals surface area contributed by atoms with Gasteiger partial charge in [-0.15, -0.1) is 0 Å². The molecule has 1 amide bonds. The van der Waals surface area contributed by atoms with Gasteiger partial charge in [0.2, 0.25) is 5.91 Å². The van der Waals surface area contributed by atoms with E-state index in [2.05, 4.69) is 10.3 Å². The van der Waals surface area contributed by atoms with Crippen molar-refractivity contribution in [1.29, 1.82) is 0 Å². The van der Waals surface area contributed by atoms with Crippen LogP contribution in [0.2, 0.25) is 0 Å². The van der Waals surface area contributed by atoms with E-state index >= 15 is 0 Å². The molecule has 0 fully saturated rings. The molecule has 4 N–H and O–H groups in total. The van der Waals surface area contributed by atoms with Crippen LogP contribution in [0.1, 0.15) is 27.6 Å². The van der Waals surface area contributed by atoms with E-state index in [0.29, 0.717) is 25.1 Å². The van der Waals surface area contributed by atoms with Crippen LogP contribution in [0.5, 0.6) is 0 Å². The molecule has 0 unspecified atom stereocenters. The zero-order valence-electron chi connectivity index (χ0n) is 15.0. The molecule has 0 saturated heterocycles.